The van der Waals surface area contributed by atoms with Crippen molar-refractivity contribution in [2.45, 2.75) is 65.2 Å². The van der Waals surface area contributed by atoms with Crippen molar-refractivity contribution in [1.82, 2.24) is 0 Å². The first-order valence-electron chi connectivity index (χ1n) is 20.1. The quantitative estimate of drug-likeness (QED) is 0.154. The maximum Gasteiger partial charge on any atom is 0.0462 e. The molecule has 3 aliphatic carbocycles. The van der Waals surface area contributed by atoms with E-state index in [2.05, 4.69) is 214 Å². The summed E-state index contributed by atoms with van der Waals surface area (Å²) in [5.41, 5.74) is 20.8. The highest BCUT2D eigenvalue weighted by molar-refractivity contribution is 5.84. The van der Waals surface area contributed by atoms with Crippen molar-refractivity contribution in [2.24, 2.45) is 0 Å². The number of benzene rings is 6. The zero-order valence-electron chi connectivity index (χ0n) is 33.3. The molecule has 0 saturated heterocycles. The van der Waals surface area contributed by atoms with Crippen molar-refractivity contribution in [3.05, 3.63) is 215 Å². The molecule has 0 spiro atoms. The van der Waals surface area contributed by atoms with Gasteiger partial charge in [-0.15, -0.1) is 0 Å². The van der Waals surface area contributed by atoms with Gasteiger partial charge in [0.05, 0.1) is 0 Å². The van der Waals surface area contributed by atoms with E-state index < -0.39 is 0 Å². The van der Waals surface area contributed by atoms with Gasteiger partial charge in [-0.2, -0.15) is 0 Å². The van der Waals surface area contributed by atoms with Crippen LogP contribution in [0.25, 0.3) is 16.7 Å². The molecule has 2 nitrogen and oxygen atoms in total. The Labute approximate surface area is 333 Å². The molecular formula is C54H50N2. The molecule has 0 aliphatic heterocycles. The number of aryl methyl sites for hydroxylation is 2. The normalized spacial score (nSPS) is 16.8. The van der Waals surface area contributed by atoms with Crippen LogP contribution in [0.1, 0.15) is 73.8 Å². The van der Waals surface area contributed by atoms with Crippen molar-refractivity contribution >= 4 is 34.0 Å². The maximum absolute atomic E-state index is 2.43. The van der Waals surface area contributed by atoms with E-state index in [1.165, 1.54) is 72.7 Å². The number of rotatable bonds is 8. The summed E-state index contributed by atoms with van der Waals surface area (Å²) in [5, 5.41) is 0. The van der Waals surface area contributed by atoms with Gasteiger partial charge in [0, 0.05) is 45.5 Å². The van der Waals surface area contributed by atoms with Crippen molar-refractivity contribution in [1.29, 1.82) is 0 Å². The predicted molar refractivity (Wildman–Crippen MR) is 239 cm³/mol. The number of nitrogens with zero attached hydrogens (tertiary/aromatic N) is 2. The van der Waals surface area contributed by atoms with Gasteiger partial charge in [0.15, 0.2) is 0 Å². The SMILES string of the molecule is CC1=CC=C(N(c2ccc(C)cc2)c2ccc(-c3ccc(N(c4ccc(C)cc4)c4ccc(C5C=CC6=C(C5)c5ccccc5C6(C)C)cc4)cc3)cc2)CC1. The van der Waals surface area contributed by atoms with E-state index in [9.17, 15) is 0 Å². The summed E-state index contributed by atoms with van der Waals surface area (Å²) in [6.45, 7) is 11.2. The molecular weight excluding hydrogens is 677 g/mol. The Morgan fingerprint density at radius 2 is 1.02 bits per heavy atom. The van der Waals surface area contributed by atoms with Gasteiger partial charge in [-0.05, 0) is 146 Å². The molecule has 0 heterocycles. The second-order valence-corrected chi connectivity index (χ2v) is 16.4. The number of fused-ring (bicyclic) bond motifs is 2. The molecule has 9 rings (SSSR count). The smallest absolute Gasteiger partial charge is 0.0462 e. The molecule has 2 heteroatoms. The summed E-state index contributed by atoms with van der Waals surface area (Å²) < 4.78 is 0. The average Bonchev–Trinajstić information content (AvgIpc) is 3.46. The Bertz CT molecular complexity index is 2510. The zero-order chi connectivity index (χ0) is 38.4. The minimum absolute atomic E-state index is 0.0531. The number of hydrogen-bond acceptors (Lipinski definition) is 2. The highest BCUT2D eigenvalue weighted by atomic mass is 15.2. The van der Waals surface area contributed by atoms with Crippen molar-refractivity contribution in [2.75, 3.05) is 9.80 Å². The Hall–Kier alpha value is -6.12. The lowest BCUT2D eigenvalue weighted by Gasteiger charge is -2.30. The van der Waals surface area contributed by atoms with Gasteiger partial charge in [-0.1, -0.05) is 134 Å². The standard InChI is InChI=1S/C54H50N2/c1-37-10-23-44(24-11-37)55(45-25-12-38(2)13-26-45)47-29-16-40(17-30-47)41-18-31-48(32-19-41)56(46-27-14-39(3)15-28-46)49-33-20-42(21-34-49)43-22-35-53-51(36-43)50-8-6-7-9-52(50)54(53,4)5/h6-12,14-25,27-35,43H,13,26,36H2,1-5H3. The summed E-state index contributed by atoms with van der Waals surface area (Å²) >= 11 is 0. The average molecular weight is 727 g/mol. The van der Waals surface area contributed by atoms with Gasteiger partial charge in [-0.25, -0.2) is 0 Å². The van der Waals surface area contributed by atoms with Crippen molar-refractivity contribution in [3.8, 4) is 11.1 Å². The Kier molecular flexibility index (Phi) is 9.22. The largest absolute Gasteiger partial charge is 0.314 e. The van der Waals surface area contributed by atoms with Gasteiger partial charge < -0.3 is 9.80 Å². The molecule has 276 valence electrons. The van der Waals surface area contributed by atoms with E-state index in [0.29, 0.717) is 5.92 Å². The molecule has 0 radical (unpaired) electrons. The molecule has 0 aromatic heterocycles. The van der Waals surface area contributed by atoms with Crippen LogP contribution in [-0.4, -0.2) is 0 Å². The minimum Gasteiger partial charge on any atom is -0.314 e. The Morgan fingerprint density at radius 1 is 0.518 bits per heavy atom. The monoisotopic (exact) mass is 726 g/mol. The van der Waals surface area contributed by atoms with Crippen molar-refractivity contribution < 1.29 is 0 Å². The summed E-state index contributed by atoms with van der Waals surface area (Å²) in [4.78, 5) is 4.78. The van der Waals surface area contributed by atoms with E-state index in [-0.39, 0.29) is 5.41 Å². The van der Waals surface area contributed by atoms with Crippen LogP contribution < -0.4 is 9.80 Å². The molecule has 1 unspecified atom stereocenters. The van der Waals surface area contributed by atoms with Crippen LogP contribution in [0.5, 0.6) is 0 Å². The fourth-order valence-electron chi connectivity index (χ4n) is 8.93. The summed E-state index contributed by atoms with van der Waals surface area (Å²) in [6, 6.07) is 54.1. The molecule has 6 aromatic rings. The second-order valence-electron chi connectivity index (χ2n) is 16.4. The molecule has 1 atom stereocenters. The topological polar surface area (TPSA) is 6.48 Å². The minimum atomic E-state index is 0.0531. The number of hydrogen-bond donors (Lipinski definition) is 0. The third kappa shape index (κ3) is 6.64. The summed E-state index contributed by atoms with van der Waals surface area (Å²) in [6.07, 6.45) is 12.5. The van der Waals surface area contributed by atoms with E-state index >= 15 is 0 Å². The van der Waals surface area contributed by atoms with Crippen LogP contribution in [-0.2, 0) is 5.41 Å². The highest BCUT2D eigenvalue weighted by Crippen LogP contribution is 2.52. The van der Waals surface area contributed by atoms with Crippen LogP contribution in [0.2, 0.25) is 0 Å². The first-order chi connectivity index (χ1) is 27.2. The van der Waals surface area contributed by atoms with Gasteiger partial charge in [0.1, 0.15) is 0 Å². The van der Waals surface area contributed by atoms with Crippen molar-refractivity contribution in [3.63, 3.8) is 0 Å². The Morgan fingerprint density at radius 3 is 1.55 bits per heavy atom. The van der Waals surface area contributed by atoms with Gasteiger partial charge in [-0.3, -0.25) is 0 Å². The lowest BCUT2D eigenvalue weighted by molar-refractivity contribution is 0.649. The number of anilines is 5. The van der Waals surface area contributed by atoms with Gasteiger partial charge in [0.25, 0.3) is 0 Å². The first-order valence-corrected chi connectivity index (χ1v) is 20.1. The summed E-state index contributed by atoms with van der Waals surface area (Å²) in [7, 11) is 0. The lowest BCUT2D eigenvalue weighted by atomic mass is 9.78. The molecule has 56 heavy (non-hydrogen) atoms. The fourth-order valence-corrected chi connectivity index (χ4v) is 8.93. The molecule has 0 N–H and O–H groups in total. The third-order valence-corrected chi connectivity index (χ3v) is 12.2. The molecule has 3 aliphatic rings. The van der Waals surface area contributed by atoms with Gasteiger partial charge >= 0.3 is 0 Å². The van der Waals surface area contributed by atoms with E-state index in [4.69, 9.17) is 0 Å². The van der Waals surface area contributed by atoms with Gasteiger partial charge in [0.2, 0.25) is 0 Å². The van der Waals surface area contributed by atoms with Crippen LogP contribution in [0, 0.1) is 13.8 Å². The van der Waals surface area contributed by atoms with Crippen LogP contribution >= 0.6 is 0 Å². The Balaban J connectivity index is 0.982. The molecule has 0 amide bonds. The maximum atomic E-state index is 2.43. The molecule has 0 saturated carbocycles. The highest BCUT2D eigenvalue weighted by Gasteiger charge is 2.38. The van der Waals surface area contributed by atoms with E-state index in [0.717, 1.165) is 36.3 Å². The zero-order valence-corrected chi connectivity index (χ0v) is 33.3. The first kappa shape index (κ1) is 35.6. The van der Waals surface area contributed by atoms with Crippen LogP contribution in [0.4, 0.5) is 28.4 Å². The van der Waals surface area contributed by atoms with E-state index in [1.54, 1.807) is 0 Å². The molecule has 6 aromatic carbocycles. The fraction of sp³-hybridized carbons (Fsp3) is 0.185. The predicted octanol–water partition coefficient (Wildman–Crippen LogP) is 15.0. The number of allylic oxidation sites excluding steroid dienone is 8. The second kappa shape index (κ2) is 14.5. The van der Waals surface area contributed by atoms with Crippen LogP contribution in [0.3, 0.4) is 0 Å². The lowest BCUT2D eigenvalue weighted by Crippen LogP contribution is -2.17. The third-order valence-electron chi connectivity index (χ3n) is 12.2. The van der Waals surface area contributed by atoms with Crippen LogP contribution in [0.15, 0.2) is 187 Å². The molecule has 0 fully saturated rings. The summed E-state index contributed by atoms with van der Waals surface area (Å²) in [5.74, 6) is 0.354. The van der Waals surface area contributed by atoms with E-state index in [1.807, 2.05) is 0 Å². The molecule has 0 bridgehead atoms.